The quantitative estimate of drug-likeness (QED) is 0.332. The maximum absolute atomic E-state index is 12.1. The lowest BCUT2D eigenvalue weighted by Crippen LogP contribution is -2.21. The van der Waals surface area contributed by atoms with E-state index in [0.29, 0.717) is 0 Å². The highest BCUT2D eigenvalue weighted by molar-refractivity contribution is 5.92. The van der Waals surface area contributed by atoms with Crippen LogP contribution in [-0.2, 0) is 4.79 Å². The molecule has 2 rings (SSSR count). The highest BCUT2D eigenvalue weighted by atomic mass is 19.1. The summed E-state index contributed by atoms with van der Waals surface area (Å²) in [5.74, 6) is -0.0382. The fraction of sp³-hybridized carbons (Fsp3) is 0.469. The Balaban J connectivity index is -0.000000384. The molecule has 2 nitrogen and oxygen atoms in total. The zero-order valence-corrected chi connectivity index (χ0v) is 24.0. The topological polar surface area (TPSA) is 29.1 Å². The third-order valence-corrected chi connectivity index (χ3v) is 4.67. The van der Waals surface area contributed by atoms with Crippen molar-refractivity contribution >= 4 is 5.78 Å². The van der Waals surface area contributed by atoms with Crippen molar-refractivity contribution in [2.24, 2.45) is 0 Å². The summed E-state index contributed by atoms with van der Waals surface area (Å²) in [7, 11) is 0. The first-order valence-corrected chi connectivity index (χ1v) is 12.9. The van der Waals surface area contributed by atoms with Crippen LogP contribution in [0.2, 0.25) is 0 Å². The van der Waals surface area contributed by atoms with Gasteiger partial charge in [-0.05, 0) is 91.6 Å². The maximum Gasteiger partial charge on any atom is 0.155 e. The molecule has 3 heteroatoms. The molecule has 1 aromatic rings. The Labute approximate surface area is 216 Å². The summed E-state index contributed by atoms with van der Waals surface area (Å²) in [6, 6.07) is 6.40. The number of Topliss-reactive ketones (excluding diaryl/α,β-unsaturated/α-hetero) is 1. The predicted octanol–water partition coefficient (Wildman–Crippen LogP) is 9.49. The highest BCUT2D eigenvalue weighted by Crippen LogP contribution is 2.03. The maximum atomic E-state index is 12.1. The Bertz CT molecular complexity index is 731. The van der Waals surface area contributed by atoms with Gasteiger partial charge in [-0.3, -0.25) is 4.79 Å². The van der Waals surface area contributed by atoms with Gasteiger partial charge in [0.15, 0.2) is 5.78 Å². The number of halogens is 1. The van der Waals surface area contributed by atoms with Crippen LogP contribution in [0.1, 0.15) is 86.6 Å². The minimum absolute atomic E-state index is 0.133. The largest absolute Gasteiger partial charge is 0.317 e. The van der Waals surface area contributed by atoms with E-state index in [1.165, 1.54) is 50.1 Å². The summed E-state index contributed by atoms with van der Waals surface area (Å²) in [5.41, 5.74) is 4.36. The van der Waals surface area contributed by atoms with Crippen LogP contribution in [0.15, 0.2) is 84.0 Å². The Morgan fingerprint density at radius 3 is 1.83 bits per heavy atom. The number of carbonyl (C=O) groups is 1. The van der Waals surface area contributed by atoms with Gasteiger partial charge in [0.05, 0.1) is 0 Å². The Morgan fingerprint density at radius 1 is 1.00 bits per heavy atom. The Morgan fingerprint density at radius 2 is 1.54 bits per heavy atom. The molecule has 0 aromatic heterocycles. The molecule has 1 N–H and O–H groups in total. The van der Waals surface area contributed by atoms with Crippen LogP contribution in [0, 0.1) is 12.7 Å². The average molecular weight is 486 g/mol. The lowest BCUT2D eigenvalue weighted by atomic mass is 10.1. The van der Waals surface area contributed by atoms with Gasteiger partial charge in [-0.25, -0.2) is 4.39 Å². The van der Waals surface area contributed by atoms with E-state index >= 15 is 0 Å². The molecule has 35 heavy (non-hydrogen) atoms. The molecule has 1 heterocycles. The van der Waals surface area contributed by atoms with Crippen molar-refractivity contribution in [3.8, 4) is 0 Å². The molecule has 0 radical (unpaired) electrons. The number of allylic oxidation sites excluding steroid dienone is 9. The van der Waals surface area contributed by atoms with Crippen molar-refractivity contribution in [2.75, 3.05) is 13.1 Å². The van der Waals surface area contributed by atoms with Crippen molar-refractivity contribution < 1.29 is 9.18 Å². The van der Waals surface area contributed by atoms with Crippen LogP contribution in [0.3, 0.4) is 0 Å². The van der Waals surface area contributed by atoms with Crippen molar-refractivity contribution in [3.05, 3.63) is 95.4 Å². The zero-order chi connectivity index (χ0) is 27.5. The summed E-state index contributed by atoms with van der Waals surface area (Å²) in [5, 5.41) is 3.28. The SMILES string of the molecule is C/C=C\C=C(/C)C(C)=O.C1CCNCC1.C=C(C)/C=C\C(=C/C)CC.CC.Cc1ccc(F)cc1. The number of aryl methyl sites for hydroxylation is 1. The van der Waals surface area contributed by atoms with Crippen molar-refractivity contribution in [1.82, 2.24) is 5.32 Å². The molecule has 1 fully saturated rings. The first-order valence-electron chi connectivity index (χ1n) is 12.9. The Hall–Kier alpha value is -2.52. The van der Waals surface area contributed by atoms with Gasteiger partial charge in [-0.2, -0.15) is 0 Å². The van der Waals surface area contributed by atoms with Gasteiger partial charge < -0.3 is 5.32 Å². The van der Waals surface area contributed by atoms with Gasteiger partial charge in [0.1, 0.15) is 5.82 Å². The fourth-order valence-corrected chi connectivity index (χ4v) is 2.36. The van der Waals surface area contributed by atoms with Crippen LogP contribution in [0.5, 0.6) is 0 Å². The zero-order valence-electron chi connectivity index (χ0n) is 24.0. The molecule has 1 aliphatic rings. The third-order valence-electron chi connectivity index (χ3n) is 4.67. The van der Waals surface area contributed by atoms with Gasteiger partial charge in [-0.1, -0.05) is 99.1 Å². The molecule has 198 valence electrons. The standard InChI is InChI=1S/C10H16.C8H12O.C7H7F.C5H11N.C2H6/c1-5-10(6-2)8-7-9(3)4;1-4-5-6-7(2)8(3)9;1-6-2-4-7(8)5-3-6;1-2-4-6-5-3-1;1-2/h5,7-8H,3,6H2,1-2,4H3;4-6H,1-3H3;2-5H,1H3;6H,1-5H2;1-2H3/b8-7-,10-5-;5-4-,7-6+;;;. The molecule has 1 aliphatic heterocycles. The molecular weight excluding hydrogens is 433 g/mol. The number of rotatable bonds is 5. The third kappa shape index (κ3) is 29.4. The molecule has 0 atom stereocenters. The van der Waals surface area contributed by atoms with E-state index in [1.54, 1.807) is 19.1 Å². The highest BCUT2D eigenvalue weighted by Gasteiger charge is 1.93. The lowest BCUT2D eigenvalue weighted by Gasteiger charge is -2.08. The van der Waals surface area contributed by atoms with E-state index in [0.717, 1.165) is 23.1 Å². The number of carbonyl (C=O) groups excluding carboxylic acids is 1. The normalized spacial score (nSPS) is 13.2. The molecule has 0 unspecified atom stereocenters. The molecule has 0 amide bonds. The summed E-state index contributed by atoms with van der Waals surface area (Å²) >= 11 is 0. The molecule has 0 saturated carbocycles. The molecule has 0 bridgehead atoms. The number of ketones is 1. The Kier molecular flexibility index (Phi) is 29.3. The van der Waals surface area contributed by atoms with Crippen LogP contribution >= 0.6 is 0 Å². The smallest absolute Gasteiger partial charge is 0.155 e. The summed E-state index contributed by atoms with van der Waals surface area (Å²) < 4.78 is 12.1. The number of hydrogen-bond acceptors (Lipinski definition) is 2. The van der Waals surface area contributed by atoms with E-state index < -0.39 is 0 Å². The molecular formula is C32H52FNO. The van der Waals surface area contributed by atoms with E-state index in [4.69, 9.17) is 0 Å². The molecule has 0 aliphatic carbocycles. The van der Waals surface area contributed by atoms with Gasteiger partial charge in [0.2, 0.25) is 0 Å². The van der Waals surface area contributed by atoms with Gasteiger partial charge in [0.25, 0.3) is 0 Å². The van der Waals surface area contributed by atoms with Crippen LogP contribution in [0.4, 0.5) is 4.39 Å². The van der Waals surface area contributed by atoms with E-state index in [2.05, 4.69) is 37.9 Å². The lowest BCUT2D eigenvalue weighted by molar-refractivity contribution is -0.113. The fourth-order valence-electron chi connectivity index (χ4n) is 2.36. The number of hydrogen-bond donors (Lipinski definition) is 1. The first-order chi connectivity index (χ1) is 16.7. The van der Waals surface area contributed by atoms with E-state index in [9.17, 15) is 9.18 Å². The molecule has 1 aromatic carbocycles. The number of piperidine rings is 1. The first kappa shape index (κ1) is 37.0. The van der Waals surface area contributed by atoms with E-state index in [-0.39, 0.29) is 11.6 Å². The number of benzene rings is 1. The van der Waals surface area contributed by atoms with Crippen LogP contribution in [0.25, 0.3) is 0 Å². The van der Waals surface area contributed by atoms with E-state index in [1.807, 2.05) is 65.8 Å². The second-order valence-corrected chi connectivity index (χ2v) is 7.93. The minimum Gasteiger partial charge on any atom is -0.317 e. The van der Waals surface area contributed by atoms with Gasteiger partial charge in [-0.15, -0.1) is 0 Å². The molecule has 0 spiro atoms. The second kappa shape index (κ2) is 27.7. The predicted molar refractivity (Wildman–Crippen MR) is 156 cm³/mol. The van der Waals surface area contributed by atoms with Gasteiger partial charge in [0, 0.05) is 0 Å². The van der Waals surface area contributed by atoms with Crippen molar-refractivity contribution in [2.45, 2.75) is 88.0 Å². The second-order valence-electron chi connectivity index (χ2n) is 7.93. The van der Waals surface area contributed by atoms with Crippen LogP contribution in [-0.4, -0.2) is 18.9 Å². The van der Waals surface area contributed by atoms with Gasteiger partial charge >= 0.3 is 0 Å². The number of nitrogens with one attached hydrogen (secondary N) is 1. The minimum atomic E-state index is -0.171. The summed E-state index contributed by atoms with van der Waals surface area (Å²) in [4.78, 5) is 10.5. The monoisotopic (exact) mass is 485 g/mol. The van der Waals surface area contributed by atoms with Crippen molar-refractivity contribution in [3.63, 3.8) is 0 Å². The van der Waals surface area contributed by atoms with Crippen LogP contribution < -0.4 is 5.32 Å². The summed E-state index contributed by atoms with van der Waals surface area (Å²) in [6.07, 6.45) is 17.2. The summed E-state index contributed by atoms with van der Waals surface area (Å²) in [6.45, 7) is 23.7. The average Bonchev–Trinajstić information content (AvgIpc) is 2.88. The van der Waals surface area contributed by atoms with Crippen molar-refractivity contribution in [1.29, 1.82) is 0 Å². The molecule has 1 saturated heterocycles.